The zero-order chi connectivity index (χ0) is 19.8. The topological polar surface area (TPSA) is 18.5 Å². The highest BCUT2D eigenvalue weighted by molar-refractivity contribution is 7.10. The van der Waals surface area contributed by atoms with Crippen LogP contribution >= 0.6 is 0 Å². The molecule has 1 saturated heterocycles. The van der Waals surface area contributed by atoms with Crippen LogP contribution in [0.4, 0.5) is 0 Å². The van der Waals surface area contributed by atoms with Gasteiger partial charge in [0, 0.05) is 6.32 Å². The summed E-state index contributed by atoms with van der Waals surface area (Å²) in [5, 5.41) is 1.48. The van der Waals surface area contributed by atoms with E-state index in [-0.39, 0.29) is 18.3 Å². The van der Waals surface area contributed by atoms with Crippen molar-refractivity contribution < 1.29 is 9.31 Å². The van der Waals surface area contributed by atoms with Gasteiger partial charge in [0.1, 0.15) is 8.07 Å². The van der Waals surface area contributed by atoms with Gasteiger partial charge in [0.25, 0.3) is 0 Å². The van der Waals surface area contributed by atoms with Gasteiger partial charge in [-0.05, 0) is 38.6 Å². The highest BCUT2D eigenvalue weighted by Gasteiger charge is 2.50. The Morgan fingerprint density at radius 1 is 0.962 bits per heavy atom. The molecule has 0 aromatic heterocycles. The van der Waals surface area contributed by atoms with E-state index in [4.69, 9.17) is 9.31 Å². The summed E-state index contributed by atoms with van der Waals surface area (Å²) in [4.78, 5) is 1.56. The third-order valence-corrected chi connectivity index (χ3v) is 14.7. The molecule has 2 rings (SSSR count). The van der Waals surface area contributed by atoms with Gasteiger partial charge >= 0.3 is 7.12 Å². The van der Waals surface area contributed by atoms with Crippen LogP contribution in [0.2, 0.25) is 39.1 Å². The Morgan fingerprint density at radius 2 is 1.46 bits per heavy atom. The molecule has 1 aromatic carbocycles. The molecule has 0 N–H and O–H groups in total. The van der Waals surface area contributed by atoms with Crippen molar-refractivity contribution in [3.05, 3.63) is 47.0 Å². The summed E-state index contributed by atoms with van der Waals surface area (Å²) >= 11 is 0. The van der Waals surface area contributed by atoms with Crippen molar-refractivity contribution in [2.45, 2.75) is 78.0 Å². The van der Waals surface area contributed by atoms with Crippen molar-refractivity contribution in [3.8, 4) is 0 Å². The van der Waals surface area contributed by atoms with Crippen molar-refractivity contribution >= 4 is 28.5 Å². The maximum absolute atomic E-state index is 6.12. The predicted molar refractivity (Wildman–Crippen MR) is 119 cm³/mol. The lowest BCUT2D eigenvalue weighted by Gasteiger charge is -2.33. The molecule has 2 nitrogen and oxygen atoms in total. The van der Waals surface area contributed by atoms with Gasteiger partial charge in [-0.1, -0.05) is 68.3 Å². The Bertz CT molecular complexity index is 680. The highest BCUT2D eigenvalue weighted by Crippen LogP contribution is 2.37. The van der Waals surface area contributed by atoms with E-state index in [0.29, 0.717) is 0 Å². The van der Waals surface area contributed by atoms with Crippen LogP contribution in [0.3, 0.4) is 0 Å². The number of hydrogen-bond acceptors (Lipinski definition) is 2. The minimum Gasteiger partial charge on any atom is -0.403 e. The van der Waals surface area contributed by atoms with Crippen LogP contribution in [0.5, 0.6) is 0 Å². The number of allylic oxidation sites excluding steroid dienone is 1. The summed E-state index contributed by atoms with van der Waals surface area (Å²) < 4.78 is 12.2. The first-order valence-corrected chi connectivity index (χ1v) is 16.1. The van der Waals surface area contributed by atoms with E-state index in [2.05, 4.69) is 103 Å². The molecule has 0 spiro atoms. The number of benzene rings is 1. The molecule has 0 amide bonds. The second kappa shape index (κ2) is 7.29. The standard InChI is InChI=1S/C21H35BO2Si2/c1-20(2)21(3,4)24-22(23-20)17-13-16-19(25(5,6)7)26(8,9)18-14-11-10-12-15-18/h10-15H,17H2,1-9H3. The molecule has 0 radical (unpaired) electrons. The minimum absolute atomic E-state index is 0.183. The molecular formula is C21H35BO2Si2. The van der Waals surface area contributed by atoms with Gasteiger partial charge in [0.15, 0.2) is 0 Å². The van der Waals surface area contributed by atoms with E-state index in [1.165, 1.54) is 5.19 Å². The van der Waals surface area contributed by atoms with Crippen molar-refractivity contribution in [1.29, 1.82) is 0 Å². The Kier molecular flexibility index (Phi) is 6.02. The smallest absolute Gasteiger partial charge is 0.403 e. The molecule has 142 valence electrons. The molecular weight excluding hydrogens is 351 g/mol. The van der Waals surface area contributed by atoms with Gasteiger partial charge in [0.2, 0.25) is 0 Å². The maximum Gasteiger partial charge on any atom is 0.462 e. The van der Waals surface area contributed by atoms with E-state index in [1.807, 2.05) is 0 Å². The maximum atomic E-state index is 6.12. The molecule has 0 atom stereocenters. The Labute approximate surface area is 162 Å². The van der Waals surface area contributed by atoms with E-state index in [9.17, 15) is 0 Å². The average molecular weight is 386 g/mol. The van der Waals surface area contributed by atoms with Gasteiger partial charge in [-0.3, -0.25) is 0 Å². The molecule has 0 unspecified atom stereocenters. The summed E-state index contributed by atoms with van der Waals surface area (Å²) in [6.45, 7) is 20.6. The van der Waals surface area contributed by atoms with Crippen LogP contribution < -0.4 is 5.19 Å². The molecule has 1 aromatic rings. The first-order chi connectivity index (χ1) is 11.8. The van der Waals surface area contributed by atoms with Crippen molar-refractivity contribution in [2.75, 3.05) is 0 Å². The number of rotatable bonds is 5. The largest absolute Gasteiger partial charge is 0.462 e. The lowest BCUT2D eigenvalue weighted by atomic mass is 9.85. The lowest BCUT2D eigenvalue weighted by Crippen LogP contribution is -2.51. The molecule has 0 saturated carbocycles. The van der Waals surface area contributed by atoms with Gasteiger partial charge in [0.05, 0.1) is 19.3 Å². The van der Waals surface area contributed by atoms with Crippen LogP contribution in [-0.2, 0) is 9.31 Å². The highest BCUT2D eigenvalue weighted by atomic mass is 28.4. The summed E-state index contributed by atoms with van der Waals surface area (Å²) in [5.41, 5.74) is 3.20. The van der Waals surface area contributed by atoms with E-state index < -0.39 is 16.1 Å². The summed E-state index contributed by atoms with van der Waals surface area (Å²) in [6.07, 6.45) is 2.91. The van der Waals surface area contributed by atoms with E-state index in [1.54, 1.807) is 4.82 Å². The average Bonchev–Trinajstić information content (AvgIpc) is 2.70. The van der Waals surface area contributed by atoms with E-state index >= 15 is 0 Å². The van der Waals surface area contributed by atoms with Crippen LogP contribution in [0, 0.1) is 0 Å². The molecule has 0 aliphatic carbocycles. The fraction of sp³-hybridized carbons (Fsp3) is 0.571. The second-order valence-electron chi connectivity index (χ2n) is 9.89. The fourth-order valence-electron chi connectivity index (χ4n) is 3.65. The third kappa shape index (κ3) is 4.52. The Hall–Kier alpha value is -0.841. The zero-order valence-corrected chi connectivity index (χ0v) is 20.1. The molecule has 1 aliphatic rings. The van der Waals surface area contributed by atoms with Crippen molar-refractivity contribution in [1.82, 2.24) is 0 Å². The molecule has 26 heavy (non-hydrogen) atoms. The van der Waals surface area contributed by atoms with Crippen molar-refractivity contribution in [2.24, 2.45) is 0 Å². The lowest BCUT2D eigenvalue weighted by molar-refractivity contribution is 0.00578. The van der Waals surface area contributed by atoms with Crippen LogP contribution in [0.15, 0.2) is 47.0 Å². The van der Waals surface area contributed by atoms with E-state index in [0.717, 1.165) is 6.32 Å². The van der Waals surface area contributed by atoms with Crippen LogP contribution in [0.1, 0.15) is 27.7 Å². The normalized spacial score (nSPS) is 19.2. The fourth-order valence-corrected chi connectivity index (χ4v) is 13.9. The molecule has 0 bridgehead atoms. The summed E-state index contributed by atoms with van der Waals surface area (Å²) in [5.74, 6) is 0. The quantitative estimate of drug-likeness (QED) is 0.512. The SMILES string of the molecule is CC1(C)OB(CC=C=C([Si](C)(C)C)[Si](C)(C)c2ccccc2)OC1(C)C. The van der Waals surface area contributed by atoms with Gasteiger partial charge in [-0.2, -0.15) is 0 Å². The first-order valence-electron chi connectivity index (χ1n) is 9.65. The van der Waals surface area contributed by atoms with Gasteiger partial charge in [-0.15, -0.1) is 5.73 Å². The first kappa shape index (κ1) is 21.5. The Balaban J connectivity index is 2.30. The molecule has 1 fully saturated rings. The third-order valence-electron chi connectivity index (χ3n) is 5.73. The minimum atomic E-state index is -1.72. The summed E-state index contributed by atoms with van der Waals surface area (Å²) in [6, 6.07) is 11.0. The van der Waals surface area contributed by atoms with Crippen molar-refractivity contribution in [3.63, 3.8) is 0 Å². The monoisotopic (exact) mass is 386 g/mol. The van der Waals surface area contributed by atoms with Crippen LogP contribution in [-0.4, -0.2) is 34.5 Å². The summed E-state index contributed by atoms with van der Waals surface area (Å²) in [7, 11) is -3.39. The number of hydrogen-bond donors (Lipinski definition) is 0. The second-order valence-corrected chi connectivity index (χ2v) is 19.7. The van der Waals surface area contributed by atoms with Crippen LogP contribution in [0.25, 0.3) is 0 Å². The predicted octanol–water partition coefficient (Wildman–Crippen LogP) is 5.19. The van der Waals surface area contributed by atoms with Gasteiger partial charge < -0.3 is 9.31 Å². The molecule has 1 heterocycles. The molecule has 1 aliphatic heterocycles. The Morgan fingerprint density at radius 3 is 1.92 bits per heavy atom. The molecule has 5 heteroatoms. The zero-order valence-electron chi connectivity index (χ0n) is 18.1. The van der Waals surface area contributed by atoms with Gasteiger partial charge in [-0.25, -0.2) is 0 Å².